The Bertz CT molecular complexity index is 104. The van der Waals surface area contributed by atoms with Gasteiger partial charge in [-0.2, -0.15) is 0 Å². The van der Waals surface area contributed by atoms with Crippen molar-refractivity contribution >= 4 is 23.3 Å². The van der Waals surface area contributed by atoms with Crippen LogP contribution in [0.25, 0.3) is 0 Å². The maximum Gasteiger partial charge on any atom is 0.230 e. The highest BCUT2D eigenvalue weighted by molar-refractivity contribution is 8.12. The summed E-state index contributed by atoms with van der Waals surface area (Å²) in [7, 11) is 0. The van der Waals surface area contributed by atoms with Crippen LogP contribution >= 0.6 is 11.8 Å². The van der Waals surface area contributed by atoms with Gasteiger partial charge in [0.2, 0.25) is 5.91 Å². The fourth-order valence-electron chi connectivity index (χ4n) is 0.150. The standard InChI is InChI=1S/C4H7NO2S/c1-3(4(5)7)8-2-6/h2-3H,1H3,(H2,5,7). The molecule has 1 amide bonds. The van der Waals surface area contributed by atoms with Crippen LogP contribution in [0.15, 0.2) is 0 Å². The molecule has 0 aromatic rings. The highest BCUT2D eigenvalue weighted by Gasteiger charge is 2.06. The molecule has 0 saturated heterocycles. The topological polar surface area (TPSA) is 60.2 Å². The predicted molar refractivity (Wildman–Crippen MR) is 33.0 cm³/mol. The van der Waals surface area contributed by atoms with E-state index in [1.807, 2.05) is 0 Å². The lowest BCUT2D eigenvalue weighted by atomic mass is 10.5. The van der Waals surface area contributed by atoms with Crippen molar-refractivity contribution in [1.29, 1.82) is 0 Å². The number of amides is 1. The van der Waals surface area contributed by atoms with E-state index in [0.29, 0.717) is 5.62 Å². The zero-order valence-electron chi connectivity index (χ0n) is 4.46. The van der Waals surface area contributed by atoms with Crippen LogP contribution in [0, 0.1) is 0 Å². The Morgan fingerprint density at radius 3 is 2.50 bits per heavy atom. The molecule has 0 fully saturated rings. The minimum absolute atomic E-state index is 0.396. The third-order valence-electron chi connectivity index (χ3n) is 0.660. The third kappa shape index (κ3) is 2.63. The zero-order chi connectivity index (χ0) is 6.57. The maximum atomic E-state index is 10.1. The Labute approximate surface area is 51.6 Å². The number of carbonyl (C=O) groups excluding carboxylic acids is 2. The molecule has 4 heteroatoms. The van der Waals surface area contributed by atoms with Crippen LogP contribution in [0.3, 0.4) is 0 Å². The average molecular weight is 133 g/mol. The van der Waals surface area contributed by atoms with Gasteiger partial charge < -0.3 is 5.73 Å². The van der Waals surface area contributed by atoms with Crippen molar-refractivity contribution in [2.24, 2.45) is 5.73 Å². The number of hydrogen-bond acceptors (Lipinski definition) is 3. The van der Waals surface area contributed by atoms with Crippen LogP contribution in [0.4, 0.5) is 0 Å². The maximum absolute atomic E-state index is 10.1. The van der Waals surface area contributed by atoms with Crippen molar-refractivity contribution in [1.82, 2.24) is 0 Å². The second-order valence-electron chi connectivity index (χ2n) is 1.28. The quantitative estimate of drug-likeness (QED) is 0.541. The molecule has 0 aromatic carbocycles. The van der Waals surface area contributed by atoms with Gasteiger partial charge in [-0.15, -0.1) is 0 Å². The summed E-state index contributed by atoms with van der Waals surface area (Å²) in [4.78, 5) is 19.8. The van der Waals surface area contributed by atoms with Crippen LogP contribution in [-0.2, 0) is 9.59 Å². The van der Waals surface area contributed by atoms with Gasteiger partial charge in [-0.25, -0.2) is 0 Å². The second kappa shape index (κ2) is 3.49. The summed E-state index contributed by atoms with van der Waals surface area (Å²) >= 11 is 0.884. The molecule has 3 nitrogen and oxygen atoms in total. The Morgan fingerprint density at radius 2 is 2.38 bits per heavy atom. The minimum Gasteiger partial charge on any atom is -0.369 e. The molecule has 2 N–H and O–H groups in total. The SMILES string of the molecule is CC(SC=O)C(N)=O. The molecular formula is C4H7NO2S. The zero-order valence-corrected chi connectivity index (χ0v) is 5.27. The van der Waals surface area contributed by atoms with E-state index in [2.05, 4.69) is 0 Å². The van der Waals surface area contributed by atoms with Gasteiger partial charge in [-0.05, 0) is 6.92 Å². The molecule has 0 aromatic heterocycles. The first-order valence-electron chi connectivity index (χ1n) is 2.07. The van der Waals surface area contributed by atoms with Gasteiger partial charge in [0.05, 0.1) is 5.25 Å². The number of hydrogen-bond donors (Lipinski definition) is 1. The normalized spacial score (nSPS) is 12.6. The molecule has 0 aliphatic heterocycles. The number of thioether (sulfide) groups is 1. The van der Waals surface area contributed by atoms with Gasteiger partial charge >= 0.3 is 0 Å². The fourth-order valence-corrected chi connectivity index (χ4v) is 0.451. The van der Waals surface area contributed by atoms with Gasteiger partial charge in [0.1, 0.15) is 0 Å². The monoisotopic (exact) mass is 133 g/mol. The number of nitrogens with two attached hydrogens (primary N) is 1. The van der Waals surface area contributed by atoms with Crippen LogP contribution in [0.1, 0.15) is 6.92 Å². The van der Waals surface area contributed by atoms with E-state index < -0.39 is 11.2 Å². The molecule has 1 atom stereocenters. The minimum atomic E-state index is -0.456. The highest BCUT2D eigenvalue weighted by Crippen LogP contribution is 2.03. The van der Waals surface area contributed by atoms with Gasteiger partial charge in [-0.1, -0.05) is 11.8 Å². The van der Waals surface area contributed by atoms with E-state index in [1.165, 1.54) is 0 Å². The van der Waals surface area contributed by atoms with Gasteiger partial charge in [0, 0.05) is 0 Å². The average Bonchev–Trinajstić information content (AvgIpc) is 1.67. The molecule has 46 valence electrons. The molecule has 0 heterocycles. The van der Waals surface area contributed by atoms with E-state index >= 15 is 0 Å². The summed E-state index contributed by atoms with van der Waals surface area (Å²) in [6.07, 6.45) is 0. The molecule has 0 bridgehead atoms. The van der Waals surface area contributed by atoms with E-state index in [-0.39, 0.29) is 0 Å². The Kier molecular flexibility index (Phi) is 3.26. The Balaban J connectivity index is 3.46. The van der Waals surface area contributed by atoms with Crippen LogP contribution in [0.5, 0.6) is 0 Å². The van der Waals surface area contributed by atoms with Crippen molar-refractivity contribution in [3.05, 3.63) is 0 Å². The van der Waals surface area contributed by atoms with E-state index in [4.69, 9.17) is 5.73 Å². The molecule has 1 unspecified atom stereocenters. The van der Waals surface area contributed by atoms with E-state index in [9.17, 15) is 9.59 Å². The lowest BCUT2D eigenvalue weighted by molar-refractivity contribution is -0.117. The van der Waals surface area contributed by atoms with Crippen LogP contribution in [0.2, 0.25) is 0 Å². The Hall–Kier alpha value is -0.510. The summed E-state index contributed by atoms with van der Waals surface area (Å²) < 4.78 is 0. The smallest absolute Gasteiger partial charge is 0.230 e. The van der Waals surface area contributed by atoms with E-state index in [0.717, 1.165) is 11.8 Å². The van der Waals surface area contributed by atoms with Crippen molar-refractivity contribution in [3.63, 3.8) is 0 Å². The molecule has 0 saturated carbocycles. The number of primary amides is 1. The fraction of sp³-hybridized carbons (Fsp3) is 0.500. The molecule has 0 spiro atoms. The lowest BCUT2D eigenvalue weighted by Crippen LogP contribution is -2.22. The van der Waals surface area contributed by atoms with Crippen LogP contribution < -0.4 is 5.73 Å². The molecule has 8 heavy (non-hydrogen) atoms. The van der Waals surface area contributed by atoms with Crippen molar-refractivity contribution in [2.45, 2.75) is 12.2 Å². The van der Waals surface area contributed by atoms with Gasteiger partial charge in [0.25, 0.3) is 0 Å². The molecule has 0 radical (unpaired) electrons. The largest absolute Gasteiger partial charge is 0.369 e. The highest BCUT2D eigenvalue weighted by atomic mass is 32.2. The van der Waals surface area contributed by atoms with Gasteiger partial charge in [-0.3, -0.25) is 9.59 Å². The van der Waals surface area contributed by atoms with Crippen molar-refractivity contribution in [2.75, 3.05) is 0 Å². The first-order chi connectivity index (χ1) is 3.68. The molecule has 0 aliphatic carbocycles. The summed E-state index contributed by atoms with van der Waals surface area (Å²) in [5.74, 6) is -0.456. The van der Waals surface area contributed by atoms with Gasteiger partial charge in [0.15, 0.2) is 5.62 Å². The number of rotatable bonds is 3. The first-order valence-corrected chi connectivity index (χ1v) is 3.01. The molecular weight excluding hydrogens is 126 g/mol. The van der Waals surface area contributed by atoms with Crippen molar-refractivity contribution < 1.29 is 9.59 Å². The second-order valence-corrected chi connectivity index (χ2v) is 2.45. The van der Waals surface area contributed by atoms with Crippen LogP contribution in [-0.4, -0.2) is 16.8 Å². The summed E-state index contributed by atoms with van der Waals surface area (Å²) in [6.45, 7) is 1.58. The molecule has 0 rings (SSSR count). The summed E-state index contributed by atoms with van der Waals surface area (Å²) in [6, 6.07) is 0. The summed E-state index contributed by atoms with van der Waals surface area (Å²) in [5.41, 5.74) is 5.41. The molecule has 0 aliphatic rings. The summed E-state index contributed by atoms with van der Waals surface area (Å²) in [5, 5.41) is -0.396. The first kappa shape index (κ1) is 7.49. The van der Waals surface area contributed by atoms with Crippen molar-refractivity contribution in [3.8, 4) is 0 Å². The number of carbonyl (C=O) groups is 2. The van der Waals surface area contributed by atoms with E-state index in [1.54, 1.807) is 6.92 Å². The lowest BCUT2D eigenvalue weighted by Gasteiger charge is -1.96. The third-order valence-corrected chi connectivity index (χ3v) is 1.41. The predicted octanol–water partition coefficient (Wildman–Crippen LogP) is -0.216. The Morgan fingerprint density at radius 1 is 1.88 bits per heavy atom.